The maximum absolute atomic E-state index is 11.8. The third-order valence-electron chi connectivity index (χ3n) is 3.27. The SMILES string of the molecule is Nc1nonc1C(=O)N1CC(O)(C2CC2)C1. The van der Waals surface area contributed by atoms with E-state index in [1.807, 2.05) is 0 Å². The van der Waals surface area contributed by atoms with Gasteiger partial charge in [0.15, 0.2) is 0 Å². The van der Waals surface area contributed by atoms with E-state index in [0.29, 0.717) is 19.0 Å². The number of aliphatic hydroxyl groups is 1. The Kier molecular flexibility index (Phi) is 1.76. The molecule has 0 aromatic carbocycles. The van der Waals surface area contributed by atoms with Gasteiger partial charge in [-0.05, 0) is 29.1 Å². The zero-order valence-corrected chi connectivity index (χ0v) is 8.59. The summed E-state index contributed by atoms with van der Waals surface area (Å²) in [7, 11) is 0. The molecule has 0 atom stereocenters. The Bertz CT molecular complexity index is 434. The van der Waals surface area contributed by atoms with Gasteiger partial charge in [0.25, 0.3) is 5.91 Å². The molecule has 3 N–H and O–H groups in total. The molecule has 2 fully saturated rings. The number of rotatable bonds is 2. The number of likely N-dealkylation sites (tertiary alicyclic amines) is 1. The Hall–Kier alpha value is -1.63. The van der Waals surface area contributed by atoms with Crippen LogP contribution in [-0.2, 0) is 0 Å². The van der Waals surface area contributed by atoms with E-state index in [4.69, 9.17) is 5.73 Å². The molecule has 0 bridgehead atoms. The summed E-state index contributed by atoms with van der Waals surface area (Å²) < 4.78 is 4.36. The summed E-state index contributed by atoms with van der Waals surface area (Å²) in [5.74, 6) is 0.0141. The van der Waals surface area contributed by atoms with E-state index in [2.05, 4.69) is 14.9 Å². The van der Waals surface area contributed by atoms with Crippen molar-refractivity contribution in [1.29, 1.82) is 0 Å². The number of anilines is 1. The highest BCUT2D eigenvalue weighted by molar-refractivity contribution is 5.96. The zero-order valence-electron chi connectivity index (χ0n) is 8.59. The number of β-amino-alcohol motifs (C(OH)–C–C–N with tert-alkyl or cyclic N) is 1. The molecule has 1 saturated heterocycles. The lowest BCUT2D eigenvalue weighted by Gasteiger charge is -2.46. The number of nitrogens with zero attached hydrogens (tertiary/aromatic N) is 3. The van der Waals surface area contributed by atoms with Gasteiger partial charge >= 0.3 is 0 Å². The molecule has 2 heterocycles. The van der Waals surface area contributed by atoms with E-state index in [1.54, 1.807) is 0 Å². The van der Waals surface area contributed by atoms with Crippen LogP contribution in [0.2, 0.25) is 0 Å². The average molecular weight is 224 g/mol. The van der Waals surface area contributed by atoms with E-state index in [9.17, 15) is 9.90 Å². The van der Waals surface area contributed by atoms with Gasteiger partial charge in [-0.2, -0.15) is 0 Å². The van der Waals surface area contributed by atoms with E-state index >= 15 is 0 Å². The number of hydrogen-bond acceptors (Lipinski definition) is 6. The van der Waals surface area contributed by atoms with Gasteiger partial charge in [0, 0.05) is 0 Å². The summed E-state index contributed by atoms with van der Waals surface area (Å²) in [5.41, 5.74) is 4.75. The number of carbonyl (C=O) groups is 1. The van der Waals surface area contributed by atoms with Crippen LogP contribution in [0.3, 0.4) is 0 Å². The van der Waals surface area contributed by atoms with Gasteiger partial charge < -0.3 is 15.7 Å². The van der Waals surface area contributed by atoms with Crippen molar-refractivity contribution in [2.45, 2.75) is 18.4 Å². The number of nitrogens with two attached hydrogens (primary N) is 1. The Morgan fingerprint density at radius 1 is 1.50 bits per heavy atom. The Morgan fingerprint density at radius 3 is 2.69 bits per heavy atom. The molecule has 1 aliphatic carbocycles. The maximum Gasteiger partial charge on any atom is 0.280 e. The van der Waals surface area contributed by atoms with Crippen LogP contribution in [0.5, 0.6) is 0 Å². The molecular weight excluding hydrogens is 212 g/mol. The molecule has 86 valence electrons. The third-order valence-corrected chi connectivity index (χ3v) is 3.27. The highest BCUT2D eigenvalue weighted by Gasteiger charge is 2.53. The highest BCUT2D eigenvalue weighted by Crippen LogP contribution is 2.44. The summed E-state index contributed by atoms with van der Waals surface area (Å²) in [4.78, 5) is 13.3. The fourth-order valence-corrected chi connectivity index (χ4v) is 2.13. The zero-order chi connectivity index (χ0) is 11.3. The van der Waals surface area contributed by atoms with Crippen LogP contribution in [0.1, 0.15) is 23.3 Å². The Morgan fingerprint density at radius 2 is 2.19 bits per heavy atom. The highest BCUT2D eigenvalue weighted by atomic mass is 16.6. The van der Waals surface area contributed by atoms with Gasteiger partial charge in [-0.15, -0.1) is 0 Å². The summed E-state index contributed by atoms with van der Waals surface area (Å²) in [6.07, 6.45) is 2.10. The number of hydrogen-bond donors (Lipinski definition) is 2. The van der Waals surface area contributed by atoms with Crippen LogP contribution in [0.4, 0.5) is 5.82 Å². The minimum Gasteiger partial charge on any atom is -0.386 e. The molecule has 1 amide bonds. The first kappa shape index (κ1) is 9.59. The van der Waals surface area contributed by atoms with Crippen LogP contribution in [-0.4, -0.2) is 44.9 Å². The van der Waals surface area contributed by atoms with Crippen molar-refractivity contribution in [2.24, 2.45) is 5.92 Å². The van der Waals surface area contributed by atoms with E-state index in [1.165, 1.54) is 4.90 Å². The largest absolute Gasteiger partial charge is 0.386 e. The number of nitrogen functional groups attached to an aromatic ring is 1. The molecule has 7 heteroatoms. The number of carbonyl (C=O) groups excluding carboxylic acids is 1. The second-order valence-corrected chi connectivity index (χ2v) is 4.54. The fourth-order valence-electron chi connectivity index (χ4n) is 2.13. The second-order valence-electron chi connectivity index (χ2n) is 4.54. The second kappa shape index (κ2) is 2.94. The van der Waals surface area contributed by atoms with Crippen molar-refractivity contribution in [1.82, 2.24) is 15.2 Å². The lowest BCUT2D eigenvalue weighted by Crippen LogP contribution is -2.64. The summed E-state index contributed by atoms with van der Waals surface area (Å²) >= 11 is 0. The third kappa shape index (κ3) is 1.28. The molecule has 16 heavy (non-hydrogen) atoms. The minimum atomic E-state index is -0.693. The Labute approximate surface area is 91.2 Å². The molecule has 1 aromatic heterocycles. The van der Waals surface area contributed by atoms with Gasteiger partial charge in [-0.1, -0.05) is 0 Å². The lowest BCUT2D eigenvalue weighted by atomic mass is 9.88. The monoisotopic (exact) mass is 224 g/mol. The molecule has 3 rings (SSSR count). The molecule has 1 aliphatic heterocycles. The van der Waals surface area contributed by atoms with E-state index < -0.39 is 5.60 Å². The summed E-state index contributed by atoms with van der Waals surface area (Å²) in [6.45, 7) is 0.700. The summed E-state index contributed by atoms with van der Waals surface area (Å²) in [6, 6.07) is 0. The van der Waals surface area contributed by atoms with Crippen molar-refractivity contribution < 1.29 is 14.5 Å². The molecule has 2 aliphatic rings. The predicted octanol–water partition coefficient (Wildman–Crippen LogP) is -0.751. The van der Waals surface area contributed by atoms with Crippen LogP contribution in [0.15, 0.2) is 4.63 Å². The maximum atomic E-state index is 11.8. The van der Waals surface area contributed by atoms with Gasteiger partial charge in [-0.3, -0.25) is 4.79 Å². The number of amides is 1. The van der Waals surface area contributed by atoms with Crippen molar-refractivity contribution in [2.75, 3.05) is 18.8 Å². The number of aromatic nitrogens is 2. The van der Waals surface area contributed by atoms with E-state index in [-0.39, 0.29) is 17.4 Å². The van der Waals surface area contributed by atoms with Gasteiger partial charge in [0.2, 0.25) is 11.5 Å². The fraction of sp³-hybridized carbons (Fsp3) is 0.667. The van der Waals surface area contributed by atoms with Gasteiger partial charge in [-0.25, -0.2) is 4.63 Å². The summed E-state index contributed by atoms with van der Waals surface area (Å²) in [5, 5.41) is 16.8. The molecule has 1 aromatic rings. The van der Waals surface area contributed by atoms with Crippen LogP contribution in [0, 0.1) is 5.92 Å². The topological polar surface area (TPSA) is 105 Å². The smallest absolute Gasteiger partial charge is 0.280 e. The van der Waals surface area contributed by atoms with Crippen LogP contribution >= 0.6 is 0 Å². The first-order valence-electron chi connectivity index (χ1n) is 5.20. The van der Waals surface area contributed by atoms with Crippen molar-refractivity contribution >= 4 is 11.7 Å². The molecule has 0 radical (unpaired) electrons. The molecule has 0 spiro atoms. The first-order chi connectivity index (χ1) is 7.60. The molecule has 0 unspecified atom stereocenters. The molecule has 1 saturated carbocycles. The standard InChI is InChI=1S/C9H12N4O3/c10-7-6(11-16-12-7)8(14)13-3-9(15,4-13)5-1-2-5/h5,15H,1-4H2,(H2,10,12). The van der Waals surface area contributed by atoms with Gasteiger partial charge in [0.05, 0.1) is 13.1 Å². The molecule has 7 nitrogen and oxygen atoms in total. The molecular formula is C9H12N4O3. The van der Waals surface area contributed by atoms with Crippen LogP contribution < -0.4 is 5.73 Å². The predicted molar refractivity (Wildman–Crippen MR) is 52.3 cm³/mol. The lowest BCUT2D eigenvalue weighted by molar-refractivity contribution is -0.0960. The Balaban J connectivity index is 1.68. The first-order valence-corrected chi connectivity index (χ1v) is 5.20. The quantitative estimate of drug-likeness (QED) is 0.684. The van der Waals surface area contributed by atoms with Gasteiger partial charge in [0.1, 0.15) is 5.60 Å². The van der Waals surface area contributed by atoms with Crippen molar-refractivity contribution in [3.63, 3.8) is 0 Å². The minimum absolute atomic E-state index is 0.00754. The average Bonchev–Trinajstić information content (AvgIpc) is 2.97. The normalized spacial score (nSPS) is 22.9. The van der Waals surface area contributed by atoms with Crippen LogP contribution in [0.25, 0.3) is 0 Å². The van der Waals surface area contributed by atoms with Crippen molar-refractivity contribution in [3.05, 3.63) is 5.69 Å². The van der Waals surface area contributed by atoms with Crippen molar-refractivity contribution in [3.8, 4) is 0 Å². The van der Waals surface area contributed by atoms with E-state index in [0.717, 1.165) is 12.8 Å².